The number of hydrogen-bond donors (Lipinski definition) is 1. The molecule has 1 aliphatic heterocycles. The summed E-state index contributed by atoms with van der Waals surface area (Å²) in [5, 5.41) is 13.3. The number of hydrogen-bond acceptors (Lipinski definition) is 3. The zero-order valence-electron chi connectivity index (χ0n) is 11.3. The Morgan fingerprint density at radius 3 is 2.37 bits per heavy atom. The van der Waals surface area contributed by atoms with Crippen LogP contribution in [0.3, 0.4) is 0 Å². The Hall–Kier alpha value is -1.85. The lowest BCUT2D eigenvalue weighted by Crippen LogP contribution is -2.35. The van der Waals surface area contributed by atoms with E-state index in [0.29, 0.717) is 0 Å². The Morgan fingerprint density at radius 2 is 1.89 bits per heavy atom. The Bertz CT molecular complexity index is 487. The van der Waals surface area contributed by atoms with E-state index in [9.17, 15) is 9.59 Å². The minimum absolute atomic E-state index is 0.0651. The van der Waals surface area contributed by atoms with E-state index in [1.54, 1.807) is 4.90 Å². The minimum atomic E-state index is -1.06. The average molecular weight is 265 g/mol. The summed E-state index contributed by atoms with van der Waals surface area (Å²) in [5.74, 6) is -1.22. The Labute approximate surface area is 112 Å². The van der Waals surface area contributed by atoms with Crippen molar-refractivity contribution in [3.05, 3.63) is 17.5 Å². The second-order valence-electron chi connectivity index (χ2n) is 5.11. The number of carboxylic acid groups (broad SMARTS) is 1. The lowest BCUT2D eigenvalue weighted by molar-refractivity contribution is 0.0679. The fourth-order valence-corrected chi connectivity index (χ4v) is 2.31. The molecule has 1 aromatic heterocycles. The highest BCUT2D eigenvalue weighted by atomic mass is 16.4. The van der Waals surface area contributed by atoms with Crippen LogP contribution in [0, 0.1) is 0 Å². The molecule has 0 aliphatic carbocycles. The monoisotopic (exact) mass is 265 g/mol. The van der Waals surface area contributed by atoms with Crippen LogP contribution < -0.4 is 0 Å². The van der Waals surface area contributed by atoms with Gasteiger partial charge in [0.25, 0.3) is 5.91 Å². The van der Waals surface area contributed by atoms with Crippen LogP contribution in [0.1, 0.15) is 60.1 Å². The highest BCUT2D eigenvalue weighted by molar-refractivity contribution is 5.95. The van der Waals surface area contributed by atoms with Crippen molar-refractivity contribution >= 4 is 11.9 Å². The number of carboxylic acids is 1. The highest BCUT2D eigenvalue weighted by Gasteiger charge is 2.24. The van der Waals surface area contributed by atoms with Crippen molar-refractivity contribution in [2.24, 2.45) is 0 Å². The molecule has 0 aromatic carbocycles. The van der Waals surface area contributed by atoms with Crippen molar-refractivity contribution in [1.29, 1.82) is 0 Å². The first kappa shape index (κ1) is 13.6. The Morgan fingerprint density at radius 1 is 1.26 bits per heavy atom. The van der Waals surface area contributed by atoms with Gasteiger partial charge < -0.3 is 10.0 Å². The average Bonchev–Trinajstić information content (AvgIpc) is 2.84. The number of amides is 1. The van der Waals surface area contributed by atoms with Crippen molar-refractivity contribution in [3.63, 3.8) is 0 Å². The van der Waals surface area contributed by atoms with E-state index in [4.69, 9.17) is 5.11 Å². The van der Waals surface area contributed by atoms with Crippen LogP contribution >= 0.6 is 0 Å². The second kappa shape index (κ2) is 5.42. The number of rotatable bonds is 3. The maximum Gasteiger partial charge on any atom is 0.354 e. The maximum atomic E-state index is 12.3. The van der Waals surface area contributed by atoms with Crippen LogP contribution in [0.2, 0.25) is 0 Å². The smallest absolute Gasteiger partial charge is 0.354 e. The van der Waals surface area contributed by atoms with Crippen LogP contribution in [0.25, 0.3) is 0 Å². The van der Waals surface area contributed by atoms with Gasteiger partial charge >= 0.3 is 5.97 Å². The van der Waals surface area contributed by atoms with Gasteiger partial charge in [0, 0.05) is 25.2 Å². The first-order valence-corrected chi connectivity index (χ1v) is 6.63. The molecule has 6 heteroatoms. The summed E-state index contributed by atoms with van der Waals surface area (Å²) in [7, 11) is 0. The topological polar surface area (TPSA) is 75.4 Å². The summed E-state index contributed by atoms with van der Waals surface area (Å²) in [5.41, 5.74) is 0.295. The number of likely N-dealkylation sites (tertiary alicyclic amines) is 1. The molecule has 0 saturated carbocycles. The summed E-state index contributed by atoms with van der Waals surface area (Å²) >= 11 is 0. The van der Waals surface area contributed by atoms with Crippen molar-refractivity contribution in [3.8, 4) is 0 Å². The quantitative estimate of drug-likeness (QED) is 0.904. The third-order valence-corrected chi connectivity index (χ3v) is 3.31. The van der Waals surface area contributed by atoms with E-state index in [1.807, 2.05) is 13.8 Å². The van der Waals surface area contributed by atoms with Crippen LogP contribution in [-0.2, 0) is 0 Å². The number of aromatic carboxylic acids is 1. The van der Waals surface area contributed by atoms with Crippen molar-refractivity contribution in [1.82, 2.24) is 14.7 Å². The van der Waals surface area contributed by atoms with Gasteiger partial charge in [-0.25, -0.2) is 4.79 Å². The van der Waals surface area contributed by atoms with Gasteiger partial charge in [0.2, 0.25) is 0 Å². The van der Waals surface area contributed by atoms with Gasteiger partial charge in [0.1, 0.15) is 5.69 Å². The lowest BCUT2D eigenvalue weighted by atomic mass is 10.1. The van der Waals surface area contributed by atoms with Gasteiger partial charge in [-0.15, -0.1) is 0 Å². The molecule has 2 rings (SSSR count). The van der Waals surface area contributed by atoms with Crippen molar-refractivity contribution in [2.45, 2.75) is 39.2 Å². The summed E-state index contributed by atoms with van der Waals surface area (Å²) in [6.45, 7) is 5.15. The summed E-state index contributed by atoms with van der Waals surface area (Å²) in [6.07, 6.45) is 3.15. The fourth-order valence-electron chi connectivity index (χ4n) is 2.31. The van der Waals surface area contributed by atoms with E-state index in [1.165, 1.54) is 10.7 Å². The molecule has 0 atom stereocenters. The predicted octanol–water partition coefficient (Wildman–Crippen LogP) is 1.79. The van der Waals surface area contributed by atoms with E-state index in [0.717, 1.165) is 32.4 Å². The summed E-state index contributed by atoms with van der Waals surface area (Å²) in [6, 6.07) is 1.29. The highest BCUT2D eigenvalue weighted by Crippen LogP contribution is 2.16. The predicted molar refractivity (Wildman–Crippen MR) is 69.3 cm³/mol. The van der Waals surface area contributed by atoms with E-state index < -0.39 is 5.97 Å². The number of aromatic nitrogens is 2. The van der Waals surface area contributed by atoms with Crippen molar-refractivity contribution < 1.29 is 14.7 Å². The van der Waals surface area contributed by atoms with Crippen LogP contribution in [-0.4, -0.2) is 44.8 Å². The molecule has 0 unspecified atom stereocenters. The van der Waals surface area contributed by atoms with Crippen LogP contribution in [0.15, 0.2) is 6.07 Å². The van der Waals surface area contributed by atoms with E-state index in [-0.39, 0.29) is 23.3 Å². The molecule has 19 heavy (non-hydrogen) atoms. The van der Waals surface area contributed by atoms with Gasteiger partial charge in [0.15, 0.2) is 5.69 Å². The van der Waals surface area contributed by atoms with Gasteiger partial charge in [-0.3, -0.25) is 9.48 Å². The molecule has 104 valence electrons. The molecule has 1 aliphatic rings. The Kier molecular flexibility index (Phi) is 3.87. The number of nitrogens with zero attached hydrogens (tertiary/aromatic N) is 3. The molecule has 0 radical (unpaired) electrons. The molecular formula is C13H19N3O3. The molecule has 1 saturated heterocycles. The fraction of sp³-hybridized carbons (Fsp3) is 0.615. The number of piperidine rings is 1. The van der Waals surface area contributed by atoms with E-state index in [2.05, 4.69) is 5.10 Å². The van der Waals surface area contributed by atoms with Gasteiger partial charge in [0.05, 0.1) is 0 Å². The third kappa shape index (κ3) is 2.77. The largest absolute Gasteiger partial charge is 0.477 e. The third-order valence-electron chi connectivity index (χ3n) is 3.31. The summed E-state index contributed by atoms with van der Waals surface area (Å²) in [4.78, 5) is 25.2. The molecule has 1 amide bonds. The normalized spacial score (nSPS) is 15.8. The number of carbonyl (C=O) groups is 2. The van der Waals surface area contributed by atoms with Crippen LogP contribution in [0.5, 0.6) is 0 Å². The first-order valence-electron chi connectivity index (χ1n) is 6.63. The summed E-state index contributed by atoms with van der Waals surface area (Å²) < 4.78 is 1.39. The van der Waals surface area contributed by atoms with Crippen molar-refractivity contribution in [2.75, 3.05) is 13.1 Å². The molecule has 2 heterocycles. The van der Waals surface area contributed by atoms with Gasteiger partial charge in [-0.05, 0) is 33.1 Å². The molecule has 0 spiro atoms. The maximum absolute atomic E-state index is 12.3. The van der Waals surface area contributed by atoms with Crippen LogP contribution in [0.4, 0.5) is 0 Å². The van der Waals surface area contributed by atoms with E-state index >= 15 is 0 Å². The Balaban J connectivity index is 2.27. The first-order chi connectivity index (χ1) is 9.00. The second-order valence-corrected chi connectivity index (χ2v) is 5.11. The zero-order valence-corrected chi connectivity index (χ0v) is 11.3. The number of carbonyl (C=O) groups excluding carboxylic acids is 1. The molecule has 0 bridgehead atoms. The molecular weight excluding hydrogens is 246 g/mol. The standard InChI is InChI=1S/C13H19N3O3/c1-9(2)16-11(13(18)19)8-10(14-16)12(17)15-6-4-3-5-7-15/h8-9H,3-7H2,1-2H3,(H,18,19). The van der Waals surface area contributed by atoms with Gasteiger partial charge in [-0.1, -0.05) is 0 Å². The molecule has 1 aromatic rings. The molecule has 1 N–H and O–H groups in total. The zero-order chi connectivity index (χ0) is 14.0. The molecule has 6 nitrogen and oxygen atoms in total. The van der Waals surface area contributed by atoms with Gasteiger partial charge in [-0.2, -0.15) is 5.10 Å². The molecule has 1 fully saturated rings. The minimum Gasteiger partial charge on any atom is -0.477 e. The lowest BCUT2D eigenvalue weighted by Gasteiger charge is -2.25. The SMILES string of the molecule is CC(C)n1nc(C(=O)N2CCCCC2)cc1C(=O)O.